The molecule has 0 radical (unpaired) electrons. The fraction of sp³-hybridized carbons (Fsp3) is 0.818. The van der Waals surface area contributed by atoms with Crippen molar-refractivity contribution in [3.63, 3.8) is 0 Å². The first-order chi connectivity index (χ1) is 5.81. The predicted molar refractivity (Wildman–Crippen MR) is 55.9 cm³/mol. The van der Waals surface area contributed by atoms with Gasteiger partial charge in [-0.1, -0.05) is 31.6 Å². The van der Waals surface area contributed by atoms with Crippen molar-refractivity contribution in [1.29, 1.82) is 0 Å². The van der Waals surface area contributed by atoms with E-state index in [0.717, 1.165) is 23.6 Å². The molecule has 0 aliphatic heterocycles. The molecule has 2 aliphatic rings. The van der Waals surface area contributed by atoms with Crippen LogP contribution in [0.3, 0.4) is 0 Å². The molecule has 66 valence electrons. The van der Waals surface area contributed by atoms with Crippen LogP contribution in [-0.4, -0.2) is 7.28 Å². The summed E-state index contributed by atoms with van der Waals surface area (Å²) in [5.74, 6) is 4.29. The van der Waals surface area contributed by atoms with Gasteiger partial charge in [0.2, 0.25) is 0 Å². The second kappa shape index (κ2) is 3.28. The highest BCUT2D eigenvalue weighted by molar-refractivity contribution is 6.38. The van der Waals surface area contributed by atoms with Crippen LogP contribution in [0.15, 0.2) is 12.7 Å². The van der Waals surface area contributed by atoms with Crippen molar-refractivity contribution in [2.45, 2.75) is 38.3 Å². The highest BCUT2D eigenvalue weighted by atomic mass is 14.5. The van der Waals surface area contributed by atoms with Crippen molar-refractivity contribution < 1.29 is 0 Å². The first-order valence-electron chi connectivity index (χ1n) is 5.42. The molecule has 0 unspecified atom stereocenters. The van der Waals surface area contributed by atoms with Crippen molar-refractivity contribution in [1.82, 2.24) is 0 Å². The van der Waals surface area contributed by atoms with E-state index in [1.54, 1.807) is 6.42 Å². The third kappa shape index (κ3) is 1.60. The standard InChI is InChI=1S/C11H19B/c1-3-4-12-11-7-10-6-9(10)5-8(11)2/h3,8-12H,1,4-7H2,2H3/t8-,9-,10-,11-/m1/s1. The molecule has 0 nitrogen and oxygen atoms in total. The Bertz CT molecular complexity index is 176. The summed E-state index contributed by atoms with van der Waals surface area (Å²) in [4.78, 5) is 0. The summed E-state index contributed by atoms with van der Waals surface area (Å²) in [6.07, 6.45) is 7.90. The molecular weight excluding hydrogens is 143 g/mol. The summed E-state index contributed by atoms with van der Waals surface area (Å²) < 4.78 is 0. The minimum absolute atomic E-state index is 0.994. The molecule has 0 saturated heterocycles. The largest absolute Gasteiger partial charge is 0.128 e. The minimum Gasteiger partial charge on any atom is -0.104 e. The number of fused-ring (bicyclic) bond motifs is 1. The Morgan fingerprint density at radius 2 is 2.08 bits per heavy atom. The van der Waals surface area contributed by atoms with E-state index in [4.69, 9.17) is 0 Å². The Balaban J connectivity index is 1.82. The molecule has 2 rings (SSSR count). The third-order valence-electron chi connectivity index (χ3n) is 3.90. The molecule has 2 aliphatic carbocycles. The molecule has 0 aromatic heterocycles. The fourth-order valence-electron chi connectivity index (χ4n) is 2.91. The Labute approximate surface area is 76.7 Å². The molecule has 1 heteroatoms. The normalized spacial score (nSPS) is 44.8. The lowest BCUT2D eigenvalue weighted by atomic mass is 9.53. The van der Waals surface area contributed by atoms with Gasteiger partial charge in [0, 0.05) is 0 Å². The van der Waals surface area contributed by atoms with Gasteiger partial charge in [-0.15, -0.1) is 6.58 Å². The van der Waals surface area contributed by atoms with Crippen LogP contribution in [0.5, 0.6) is 0 Å². The molecule has 0 heterocycles. The van der Waals surface area contributed by atoms with E-state index >= 15 is 0 Å². The monoisotopic (exact) mass is 162 g/mol. The third-order valence-corrected chi connectivity index (χ3v) is 3.90. The van der Waals surface area contributed by atoms with Gasteiger partial charge in [0.05, 0.1) is 0 Å². The van der Waals surface area contributed by atoms with Gasteiger partial charge in [-0.2, -0.15) is 0 Å². The summed E-state index contributed by atoms with van der Waals surface area (Å²) in [6.45, 7) is 6.25. The predicted octanol–water partition coefficient (Wildman–Crippen LogP) is 2.88. The zero-order valence-electron chi connectivity index (χ0n) is 8.13. The second-order valence-corrected chi connectivity index (χ2v) is 4.83. The molecule has 0 spiro atoms. The summed E-state index contributed by atoms with van der Waals surface area (Å²) >= 11 is 0. The van der Waals surface area contributed by atoms with Crippen LogP contribution in [0.4, 0.5) is 0 Å². The minimum atomic E-state index is 0.994. The van der Waals surface area contributed by atoms with Gasteiger partial charge in [-0.25, -0.2) is 0 Å². The van der Waals surface area contributed by atoms with E-state index in [-0.39, 0.29) is 0 Å². The highest BCUT2D eigenvalue weighted by Gasteiger charge is 2.44. The zero-order valence-corrected chi connectivity index (χ0v) is 8.13. The maximum atomic E-state index is 3.80. The zero-order chi connectivity index (χ0) is 8.55. The molecule has 2 saturated carbocycles. The Kier molecular flexibility index (Phi) is 2.30. The van der Waals surface area contributed by atoms with Gasteiger partial charge < -0.3 is 0 Å². The van der Waals surface area contributed by atoms with E-state index in [0.29, 0.717) is 0 Å². The van der Waals surface area contributed by atoms with Crippen molar-refractivity contribution >= 4 is 7.28 Å². The summed E-state index contributed by atoms with van der Waals surface area (Å²) in [5.41, 5.74) is 0. The summed E-state index contributed by atoms with van der Waals surface area (Å²) in [7, 11) is 1.40. The van der Waals surface area contributed by atoms with E-state index in [9.17, 15) is 0 Å². The van der Waals surface area contributed by atoms with Crippen molar-refractivity contribution in [2.75, 3.05) is 0 Å². The van der Waals surface area contributed by atoms with E-state index in [1.807, 2.05) is 0 Å². The Morgan fingerprint density at radius 1 is 1.33 bits per heavy atom. The van der Waals surface area contributed by atoms with E-state index in [2.05, 4.69) is 19.6 Å². The maximum absolute atomic E-state index is 3.80. The first kappa shape index (κ1) is 8.41. The highest BCUT2D eigenvalue weighted by Crippen LogP contribution is 2.55. The van der Waals surface area contributed by atoms with Crippen LogP contribution in [-0.2, 0) is 0 Å². The van der Waals surface area contributed by atoms with Crippen molar-refractivity contribution in [3.8, 4) is 0 Å². The molecule has 12 heavy (non-hydrogen) atoms. The molecule has 0 N–H and O–H groups in total. The van der Waals surface area contributed by atoms with Crippen LogP contribution < -0.4 is 0 Å². The average Bonchev–Trinajstić information content (AvgIpc) is 2.78. The van der Waals surface area contributed by atoms with Gasteiger partial charge in [-0.3, -0.25) is 0 Å². The Morgan fingerprint density at radius 3 is 2.83 bits per heavy atom. The summed E-state index contributed by atoms with van der Waals surface area (Å²) in [5, 5.41) is 0. The van der Waals surface area contributed by atoms with E-state index in [1.165, 1.54) is 26.4 Å². The molecule has 0 aromatic carbocycles. The van der Waals surface area contributed by atoms with Gasteiger partial charge >= 0.3 is 0 Å². The number of rotatable bonds is 3. The smallest absolute Gasteiger partial charge is 0.104 e. The van der Waals surface area contributed by atoms with Crippen LogP contribution in [0.25, 0.3) is 0 Å². The van der Waals surface area contributed by atoms with Gasteiger partial charge in [-0.05, 0) is 30.6 Å². The van der Waals surface area contributed by atoms with Crippen LogP contribution in [0.1, 0.15) is 26.2 Å². The SMILES string of the molecule is C=CCB[C@@H]1C[C@H]2C[C@H]2C[C@H]1C. The lowest BCUT2D eigenvalue weighted by molar-refractivity contribution is 0.366. The van der Waals surface area contributed by atoms with Crippen LogP contribution in [0.2, 0.25) is 12.1 Å². The molecule has 4 atom stereocenters. The Hall–Kier alpha value is -0.195. The quantitative estimate of drug-likeness (QED) is 0.442. The maximum Gasteiger partial charge on any atom is 0.128 e. The van der Waals surface area contributed by atoms with Gasteiger partial charge in [0.25, 0.3) is 0 Å². The lowest BCUT2D eigenvalue weighted by Crippen LogP contribution is -2.18. The first-order valence-corrected chi connectivity index (χ1v) is 5.42. The van der Waals surface area contributed by atoms with E-state index < -0.39 is 0 Å². The van der Waals surface area contributed by atoms with Gasteiger partial charge in [0.1, 0.15) is 7.28 Å². The van der Waals surface area contributed by atoms with Crippen LogP contribution in [0, 0.1) is 17.8 Å². The number of hydrogen-bond donors (Lipinski definition) is 0. The molecule has 0 aromatic rings. The lowest BCUT2D eigenvalue weighted by Gasteiger charge is -2.27. The molecular formula is C11H19B. The van der Waals surface area contributed by atoms with Crippen molar-refractivity contribution in [2.24, 2.45) is 17.8 Å². The van der Waals surface area contributed by atoms with Crippen LogP contribution >= 0.6 is 0 Å². The summed E-state index contributed by atoms with van der Waals surface area (Å²) in [6, 6.07) is 0. The molecule has 0 bridgehead atoms. The fourth-order valence-corrected chi connectivity index (χ4v) is 2.91. The number of allylic oxidation sites excluding steroid dienone is 1. The average molecular weight is 162 g/mol. The molecule has 0 amide bonds. The van der Waals surface area contributed by atoms with Gasteiger partial charge in [0.15, 0.2) is 0 Å². The topological polar surface area (TPSA) is 0 Å². The second-order valence-electron chi connectivity index (χ2n) is 4.83. The van der Waals surface area contributed by atoms with Crippen molar-refractivity contribution in [3.05, 3.63) is 12.7 Å². The molecule has 2 fully saturated rings. The number of hydrogen-bond acceptors (Lipinski definition) is 0.